The minimum absolute atomic E-state index is 0.0811. The van der Waals surface area contributed by atoms with Crippen molar-refractivity contribution in [2.75, 3.05) is 7.11 Å². The van der Waals surface area contributed by atoms with E-state index in [1.54, 1.807) is 45.2 Å². The molecule has 0 spiro atoms. The molecular weight excluding hydrogens is 2050 g/mol. The van der Waals surface area contributed by atoms with Crippen LogP contribution in [0.5, 0.6) is 28.7 Å². The number of aliphatic hydroxyl groups is 2. The van der Waals surface area contributed by atoms with Gasteiger partial charge in [-0.25, -0.2) is 0 Å². The summed E-state index contributed by atoms with van der Waals surface area (Å²) in [6, 6.07) is 116. The van der Waals surface area contributed by atoms with Gasteiger partial charge in [0.1, 0.15) is 22.8 Å². The predicted octanol–water partition coefficient (Wildman–Crippen LogP) is 35.3. The molecule has 0 saturated carbocycles. The summed E-state index contributed by atoms with van der Waals surface area (Å²) in [4.78, 5) is 4.03. The topological polar surface area (TPSA) is 181 Å². The first-order valence-electron chi connectivity index (χ1n) is 49.4. The van der Waals surface area contributed by atoms with Gasteiger partial charge in [0.2, 0.25) is 0 Å². The third-order valence-electron chi connectivity index (χ3n) is 23.4. The molecule has 145 heavy (non-hydrogen) atoms. The average molecular weight is 2200 g/mol. The Balaban J connectivity index is 0.000000228. The van der Waals surface area contributed by atoms with E-state index in [1.807, 2.05) is 189 Å². The van der Waals surface area contributed by atoms with Gasteiger partial charge in [-0.05, 0) is 112 Å². The first kappa shape index (κ1) is 120. The smallest absolute Gasteiger partial charge is 0.160 e. The van der Waals surface area contributed by atoms with Crippen LogP contribution in [0, 0.1) is 13.8 Å². The molecular formula is C128H151F3Mo3N4O7. The van der Waals surface area contributed by atoms with Crippen LogP contribution in [0.3, 0.4) is 0 Å². The number of methoxy groups -OCH3 is 1. The molecule has 764 valence electrons. The van der Waals surface area contributed by atoms with Gasteiger partial charge in [0.05, 0.1) is 12.7 Å². The van der Waals surface area contributed by atoms with E-state index in [0.717, 1.165) is 61.0 Å². The fourth-order valence-electron chi connectivity index (χ4n) is 14.9. The Labute approximate surface area is 887 Å². The van der Waals surface area contributed by atoms with E-state index >= 15 is 0 Å². The summed E-state index contributed by atoms with van der Waals surface area (Å²) >= 11 is -1.66. The van der Waals surface area contributed by atoms with Crippen LogP contribution >= 0.6 is 0 Å². The molecule has 0 aliphatic heterocycles. The monoisotopic (exact) mass is 2210 g/mol. The second-order valence-electron chi connectivity index (χ2n) is 40.6. The van der Waals surface area contributed by atoms with Crippen molar-refractivity contribution in [3.05, 3.63) is 413 Å². The number of aromatic hydroxyl groups is 4. The van der Waals surface area contributed by atoms with Gasteiger partial charge in [0, 0.05) is 33.8 Å². The number of aryl methyl sites for hydroxylation is 2. The molecule has 1 aromatic heterocycles. The Morgan fingerprint density at radius 3 is 0.821 bits per heavy atom. The summed E-state index contributed by atoms with van der Waals surface area (Å²) < 4.78 is 61.6. The number of hydrogen-bond donors (Lipinski definition) is 6. The predicted molar refractivity (Wildman–Crippen MR) is 597 cm³/mol. The number of halogens is 3. The van der Waals surface area contributed by atoms with Gasteiger partial charge in [-0.3, -0.25) is 4.98 Å². The Hall–Kier alpha value is -11.7. The number of alkyl halides is 3. The van der Waals surface area contributed by atoms with Gasteiger partial charge in [-0.1, -0.05) is 170 Å². The van der Waals surface area contributed by atoms with Crippen molar-refractivity contribution in [2.24, 2.45) is 10.5 Å². The molecule has 0 unspecified atom stereocenters. The molecule has 1 heterocycles. The SMILES string of the molecule is CC(C)(C)O.CC(C)(O)C(F)(F)F.CC(C)c1cccc(C(C)C)c1[N]=[Mo]=[CH]C(C)(C)c1ccccc1.CC(C)c1cccc(C(C)C)c1[N]=[Mo]=[CH]C(C)(C)c1ccccc1.CC(C)c1cccc(C(C)C)c1[N]=[Mo]=[CH]C(C)(C)c1ccccc1.COc1cccc(C)c1O.Cc1cc(-c2ccccc2)c(O)c(-c2ccccc2)c1.Oc1c(-c2ccccc2)cccc1-c1ccccc1.Oc1cccc2cccnc12. The van der Waals surface area contributed by atoms with Gasteiger partial charge in [-0.15, -0.1) is 0 Å². The third-order valence-corrected chi connectivity index (χ3v) is 30.7. The molecule has 17 heteroatoms. The Morgan fingerprint density at radius 2 is 0.559 bits per heavy atom. The first-order chi connectivity index (χ1) is 68.5. The average Bonchev–Trinajstić information content (AvgIpc) is 0.806. The maximum atomic E-state index is 11.3. The van der Waals surface area contributed by atoms with E-state index in [2.05, 4.69) is 295 Å². The van der Waals surface area contributed by atoms with Crippen molar-refractivity contribution in [1.29, 1.82) is 0 Å². The summed E-state index contributed by atoms with van der Waals surface area (Å²) in [6.07, 6.45) is -2.84. The molecule has 15 rings (SSSR count). The number of ether oxygens (including phenoxy) is 1. The molecule has 0 fully saturated rings. The second kappa shape index (κ2) is 58.0. The van der Waals surface area contributed by atoms with Gasteiger partial charge in [0.15, 0.2) is 17.1 Å². The molecule has 0 atom stereocenters. The molecule has 0 aliphatic rings. The number of phenolic OH excluding ortho intramolecular Hbond substituents is 4. The number of aromatic nitrogens is 1. The summed E-state index contributed by atoms with van der Waals surface area (Å²) in [7, 11) is 1.54. The number of pyridine rings is 1. The molecule has 6 N–H and O–H groups in total. The van der Waals surface area contributed by atoms with Crippen molar-refractivity contribution in [1.82, 2.24) is 4.98 Å². The third kappa shape index (κ3) is 38.6. The van der Waals surface area contributed by atoms with Crippen molar-refractivity contribution >= 4 is 41.2 Å². The van der Waals surface area contributed by atoms with Crippen molar-refractivity contribution in [3.8, 4) is 73.3 Å². The minimum atomic E-state index is -4.51. The summed E-state index contributed by atoms with van der Waals surface area (Å²) in [5.74, 6) is 4.73. The zero-order valence-electron chi connectivity index (χ0n) is 89.4. The standard InChI is InChI=1S/C19H16O.C18H14O.3C12H17N.3C10H12.C9H7NO.C8H10O2.C4H7F3O.C4H10O.3Mo/c1-14-12-17(15-8-4-2-5-9-15)19(20)18(13-14)16-10-6-3-7-11-16;19-18-16(14-8-3-1-4-9-14)12-7-13-17(18)15-10-5-2-6-11-15;3*1-8(2)10-6-5-7-11(9(3)4)12(10)13;3*1-10(2,3)9-7-5-4-6-8-9;11-8-5-1-3-7-4-2-6-10-9(7)8;1-6-4-3-5-7(10-2)8(6)9;1-3(2,8)4(5,6)7;1-4(2,3)5;;;/h2-13,20H,1H3;1-13,19H;3*5-9H,1-4H3;3*1,4-8H,2-3H3;1-6,11H;3-5,9H,1-2H3;8H,1-2H3;5H,1-3H3;;;. The number of benzene rings is 14. The van der Waals surface area contributed by atoms with E-state index in [-0.39, 0.29) is 27.7 Å². The normalized spacial score (nSPS) is 11.2. The molecule has 0 aliphatic carbocycles. The zero-order chi connectivity index (χ0) is 107. The fourth-order valence-corrected chi connectivity index (χ4v) is 20.5. The van der Waals surface area contributed by atoms with Gasteiger partial charge in [0.25, 0.3) is 0 Å². The van der Waals surface area contributed by atoms with E-state index in [1.165, 1.54) is 74.2 Å². The van der Waals surface area contributed by atoms with Crippen LogP contribution in [0.4, 0.5) is 30.2 Å². The summed E-state index contributed by atoms with van der Waals surface area (Å²) in [5, 5.41) is 57.4. The van der Waals surface area contributed by atoms with E-state index < -0.39 is 71.1 Å². The van der Waals surface area contributed by atoms with E-state index in [0.29, 0.717) is 72.1 Å². The van der Waals surface area contributed by atoms with Crippen LogP contribution in [-0.2, 0) is 70.0 Å². The molecule has 11 nitrogen and oxygen atoms in total. The van der Waals surface area contributed by atoms with Crippen LogP contribution in [0.2, 0.25) is 0 Å². The molecule has 0 bridgehead atoms. The Bertz CT molecular complexity index is 6190. The second-order valence-corrected chi connectivity index (χ2v) is 45.2. The molecule has 0 amide bonds. The van der Waals surface area contributed by atoms with E-state index in [9.17, 15) is 33.6 Å². The molecule has 14 aromatic carbocycles. The van der Waals surface area contributed by atoms with Crippen molar-refractivity contribution in [2.45, 2.75) is 242 Å². The van der Waals surface area contributed by atoms with Crippen molar-refractivity contribution in [3.63, 3.8) is 0 Å². The summed E-state index contributed by atoms with van der Waals surface area (Å²) in [6.45, 7) is 51.4. The van der Waals surface area contributed by atoms with E-state index in [4.69, 9.17) is 25.4 Å². The molecule has 0 saturated heterocycles. The number of hydrogen-bond acceptors (Lipinski definition) is 11. The maximum absolute atomic E-state index is 11.3. The number of para-hydroxylation sites is 3. The van der Waals surface area contributed by atoms with Crippen molar-refractivity contribution < 1.29 is 102 Å². The molecule has 0 radical (unpaired) electrons. The quantitative estimate of drug-likeness (QED) is 0.0408. The van der Waals surface area contributed by atoms with Crippen LogP contribution in [0.1, 0.15) is 256 Å². The summed E-state index contributed by atoms with van der Waals surface area (Å²) in [5.41, 5.74) is 23.6. The Morgan fingerprint density at radius 1 is 0.310 bits per heavy atom. The number of rotatable bonds is 20. The zero-order valence-corrected chi connectivity index (χ0v) is 95.4. The largest absolute Gasteiger partial charge is 0.507 e. The van der Waals surface area contributed by atoms with Gasteiger partial charge < -0.3 is 35.4 Å². The number of phenols is 4. The Kier molecular flexibility index (Phi) is 48.1. The van der Waals surface area contributed by atoms with Crippen LogP contribution in [0.15, 0.2) is 362 Å². The maximum Gasteiger partial charge on any atom is 0.160 e. The van der Waals surface area contributed by atoms with Gasteiger partial charge in [-0.2, -0.15) is 13.2 Å². The number of nitrogens with zero attached hydrogens (tertiary/aromatic N) is 4. The fraction of sp³-hybridized carbons (Fsp3) is 0.297. The molecule has 15 aromatic rings. The minimum Gasteiger partial charge on any atom is -0.507 e. The van der Waals surface area contributed by atoms with Crippen LogP contribution in [0.25, 0.3) is 55.4 Å². The first-order valence-corrected chi connectivity index (χ1v) is 55.6. The number of fused-ring (bicyclic) bond motifs is 1. The van der Waals surface area contributed by atoms with Crippen LogP contribution in [-0.4, -0.2) is 73.3 Å². The van der Waals surface area contributed by atoms with Gasteiger partial charge >= 0.3 is 473 Å². The van der Waals surface area contributed by atoms with Crippen LogP contribution < -0.4 is 4.74 Å².